The van der Waals surface area contributed by atoms with Gasteiger partial charge in [0.15, 0.2) is 0 Å². The summed E-state index contributed by atoms with van der Waals surface area (Å²) in [4.78, 5) is 11.9. The molecule has 1 atom stereocenters. The average molecular weight is 230 g/mol. The molecular formula is C13H26O3. The van der Waals surface area contributed by atoms with Crippen LogP contribution in [0.15, 0.2) is 0 Å². The van der Waals surface area contributed by atoms with Gasteiger partial charge >= 0.3 is 5.97 Å². The van der Waals surface area contributed by atoms with Gasteiger partial charge in [-0.15, -0.1) is 0 Å². The Labute approximate surface area is 99.5 Å². The largest absolute Gasteiger partial charge is 0.469 e. The van der Waals surface area contributed by atoms with Gasteiger partial charge in [0.2, 0.25) is 0 Å². The Morgan fingerprint density at radius 3 is 2.25 bits per heavy atom. The molecule has 16 heavy (non-hydrogen) atoms. The van der Waals surface area contributed by atoms with Crippen LogP contribution in [-0.2, 0) is 14.3 Å². The van der Waals surface area contributed by atoms with E-state index in [2.05, 4.69) is 20.8 Å². The summed E-state index contributed by atoms with van der Waals surface area (Å²) in [5.41, 5.74) is -0.442. The quantitative estimate of drug-likeness (QED) is 0.601. The van der Waals surface area contributed by atoms with E-state index < -0.39 is 5.41 Å². The number of carbonyl (C=O) groups excluding carboxylic acids is 1. The van der Waals surface area contributed by atoms with E-state index in [9.17, 15) is 4.79 Å². The van der Waals surface area contributed by atoms with Crippen molar-refractivity contribution in [1.82, 2.24) is 0 Å². The molecule has 0 saturated heterocycles. The number of carbonyl (C=O) groups is 1. The molecule has 0 aliphatic carbocycles. The first-order valence-corrected chi connectivity index (χ1v) is 6.09. The zero-order chi connectivity index (χ0) is 12.6. The Balaban J connectivity index is 4.70. The second-order valence-electron chi connectivity index (χ2n) is 4.89. The summed E-state index contributed by atoms with van der Waals surface area (Å²) in [6, 6.07) is 0. The normalized spacial score (nSPS) is 14.9. The molecule has 0 saturated carbocycles. The molecule has 96 valence electrons. The molecule has 0 rings (SSSR count). The molecule has 0 aromatic heterocycles. The van der Waals surface area contributed by atoms with Crippen LogP contribution in [0.5, 0.6) is 0 Å². The second kappa shape index (κ2) is 7.66. The lowest BCUT2D eigenvalue weighted by Gasteiger charge is -2.30. The van der Waals surface area contributed by atoms with E-state index in [4.69, 9.17) is 9.47 Å². The van der Waals surface area contributed by atoms with Crippen LogP contribution in [0.3, 0.4) is 0 Å². The number of ether oxygens (including phenoxy) is 2. The van der Waals surface area contributed by atoms with Crippen molar-refractivity contribution in [2.75, 3.05) is 20.8 Å². The van der Waals surface area contributed by atoms with E-state index in [1.165, 1.54) is 7.11 Å². The molecule has 0 aromatic rings. The van der Waals surface area contributed by atoms with Gasteiger partial charge in [0.1, 0.15) is 0 Å². The lowest BCUT2D eigenvalue weighted by atomic mass is 9.78. The van der Waals surface area contributed by atoms with E-state index in [0.717, 1.165) is 25.7 Å². The van der Waals surface area contributed by atoms with Crippen molar-refractivity contribution in [3.63, 3.8) is 0 Å². The molecule has 0 fully saturated rings. The molecule has 3 nitrogen and oxygen atoms in total. The van der Waals surface area contributed by atoms with Crippen molar-refractivity contribution in [2.24, 2.45) is 11.3 Å². The summed E-state index contributed by atoms with van der Waals surface area (Å²) < 4.78 is 10.1. The van der Waals surface area contributed by atoms with Crippen LogP contribution in [0.2, 0.25) is 0 Å². The van der Waals surface area contributed by atoms with Gasteiger partial charge in [-0.1, -0.05) is 27.2 Å². The summed E-state index contributed by atoms with van der Waals surface area (Å²) in [5.74, 6) is 0.467. The van der Waals surface area contributed by atoms with E-state index >= 15 is 0 Å². The molecule has 3 heteroatoms. The maximum Gasteiger partial charge on any atom is 0.314 e. The Morgan fingerprint density at radius 1 is 1.25 bits per heavy atom. The van der Waals surface area contributed by atoms with Gasteiger partial charge < -0.3 is 9.47 Å². The third-order valence-corrected chi connectivity index (χ3v) is 2.97. The highest BCUT2D eigenvalue weighted by Crippen LogP contribution is 2.33. The molecule has 0 aliphatic rings. The van der Waals surface area contributed by atoms with Crippen molar-refractivity contribution in [3.05, 3.63) is 0 Å². The standard InChI is InChI=1S/C13H26O3/c1-6-8-13(10-15-4,12(14)16-5)9-7-11(2)3/h11H,6-10H2,1-5H3. The maximum atomic E-state index is 11.9. The van der Waals surface area contributed by atoms with Crippen molar-refractivity contribution in [2.45, 2.75) is 46.5 Å². The summed E-state index contributed by atoms with van der Waals surface area (Å²) in [6.45, 7) is 6.88. The van der Waals surface area contributed by atoms with Gasteiger partial charge in [0.05, 0.1) is 19.1 Å². The minimum absolute atomic E-state index is 0.128. The van der Waals surface area contributed by atoms with Crippen LogP contribution < -0.4 is 0 Å². The third-order valence-electron chi connectivity index (χ3n) is 2.97. The van der Waals surface area contributed by atoms with Crippen molar-refractivity contribution < 1.29 is 14.3 Å². The van der Waals surface area contributed by atoms with Gasteiger partial charge in [-0.3, -0.25) is 4.79 Å². The van der Waals surface area contributed by atoms with Gasteiger partial charge in [-0.05, 0) is 25.2 Å². The topological polar surface area (TPSA) is 35.5 Å². The SMILES string of the molecule is CCCC(CCC(C)C)(COC)C(=O)OC. The van der Waals surface area contributed by atoms with Gasteiger partial charge in [0.25, 0.3) is 0 Å². The summed E-state index contributed by atoms with van der Waals surface area (Å²) in [5, 5.41) is 0. The molecule has 0 bridgehead atoms. The maximum absolute atomic E-state index is 11.9. The monoisotopic (exact) mass is 230 g/mol. The van der Waals surface area contributed by atoms with Gasteiger partial charge in [-0.25, -0.2) is 0 Å². The molecule has 0 spiro atoms. The molecule has 0 N–H and O–H groups in total. The Hall–Kier alpha value is -0.570. The molecule has 0 amide bonds. The summed E-state index contributed by atoms with van der Waals surface area (Å²) in [6.07, 6.45) is 3.67. The number of methoxy groups -OCH3 is 2. The van der Waals surface area contributed by atoms with E-state index in [1.807, 2.05) is 0 Å². The lowest BCUT2D eigenvalue weighted by molar-refractivity contribution is -0.157. The minimum Gasteiger partial charge on any atom is -0.469 e. The molecule has 0 aromatic carbocycles. The third kappa shape index (κ3) is 4.52. The molecular weight excluding hydrogens is 204 g/mol. The highest BCUT2D eigenvalue weighted by Gasteiger charge is 2.38. The second-order valence-corrected chi connectivity index (χ2v) is 4.89. The van der Waals surface area contributed by atoms with E-state index in [1.54, 1.807) is 7.11 Å². The molecule has 0 radical (unpaired) electrons. The zero-order valence-electron chi connectivity index (χ0n) is 11.3. The Kier molecular flexibility index (Phi) is 7.39. The zero-order valence-corrected chi connectivity index (χ0v) is 11.3. The fraction of sp³-hybridized carbons (Fsp3) is 0.923. The molecule has 1 unspecified atom stereocenters. The molecule has 0 aliphatic heterocycles. The van der Waals surface area contributed by atoms with Crippen LogP contribution in [0.1, 0.15) is 46.5 Å². The highest BCUT2D eigenvalue weighted by molar-refractivity contribution is 5.76. The van der Waals surface area contributed by atoms with Crippen LogP contribution in [0, 0.1) is 11.3 Å². The Morgan fingerprint density at radius 2 is 1.88 bits per heavy atom. The van der Waals surface area contributed by atoms with Crippen molar-refractivity contribution in [1.29, 1.82) is 0 Å². The summed E-state index contributed by atoms with van der Waals surface area (Å²) in [7, 11) is 3.10. The van der Waals surface area contributed by atoms with Crippen LogP contribution in [-0.4, -0.2) is 26.8 Å². The Bertz CT molecular complexity index is 193. The van der Waals surface area contributed by atoms with Gasteiger partial charge in [-0.2, -0.15) is 0 Å². The van der Waals surface area contributed by atoms with Crippen molar-refractivity contribution >= 4 is 5.97 Å². The summed E-state index contributed by atoms with van der Waals surface area (Å²) >= 11 is 0. The number of hydrogen-bond acceptors (Lipinski definition) is 3. The fourth-order valence-electron chi connectivity index (χ4n) is 2.07. The smallest absolute Gasteiger partial charge is 0.314 e. The number of rotatable bonds is 8. The fourth-order valence-corrected chi connectivity index (χ4v) is 2.07. The van der Waals surface area contributed by atoms with E-state index in [-0.39, 0.29) is 5.97 Å². The molecule has 0 heterocycles. The van der Waals surface area contributed by atoms with Crippen LogP contribution in [0.4, 0.5) is 0 Å². The first-order valence-electron chi connectivity index (χ1n) is 6.09. The highest BCUT2D eigenvalue weighted by atomic mass is 16.5. The predicted molar refractivity (Wildman–Crippen MR) is 65.3 cm³/mol. The number of esters is 1. The first kappa shape index (κ1) is 15.4. The minimum atomic E-state index is -0.442. The number of hydrogen-bond donors (Lipinski definition) is 0. The van der Waals surface area contributed by atoms with Gasteiger partial charge in [0, 0.05) is 7.11 Å². The van der Waals surface area contributed by atoms with Crippen LogP contribution in [0.25, 0.3) is 0 Å². The van der Waals surface area contributed by atoms with Crippen molar-refractivity contribution in [3.8, 4) is 0 Å². The lowest BCUT2D eigenvalue weighted by Crippen LogP contribution is -2.37. The average Bonchev–Trinajstić information content (AvgIpc) is 2.25. The van der Waals surface area contributed by atoms with E-state index in [0.29, 0.717) is 12.5 Å². The van der Waals surface area contributed by atoms with Crippen LogP contribution >= 0.6 is 0 Å². The first-order chi connectivity index (χ1) is 7.52. The predicted octanol–water partition coefficient (Wildman–Crippen LogP) is 3.03.